The molecular formula is C23H26N4O2. The molecule has 0 radical (unpaired) electrons. The SMILES string of the molecule is CCOc1ccccc1C(=O)Nc1cc(-c2nnc3n2CCCCC3)ccc1C. The highest BCUT2D eigenvalue weighted by Gasteiger charge is 2.18. The average molecular weight is 390 g/mol. The van der Waals surface area contributed by atoms with Gasteiger partial charge in [-0.1, -0.05) is 30.7 Å². The third kappa shape index (κ3) is 4.01. The smallest absolute Gasteiger partial charge is 0.259 e. The monoisotopic (exact) mass is 390 g/mol. The lowest BCUT2D eigenvalue weighted by Gasteiger charge is -2.13. The molecule has 0 saturated heterocycles. The van der Waals surface area contributed by atoms with E-state index in [9.17, 15) is 4.79 Å². The Bertz CT molecular complexity index is 1030. The number of nitrogens with zero attached hydrogens (tertiary/aromatic N) is 3. The zero-order valence-corrected chi connectivity index (χ0v) is 16.9. The fourth-order valence-corrected chi connectivity index (χ4v) is 3.72. The topological polar surface area (TPSA) is 69.0 Å². The van der Waals surface area contributed by atoms with Crippen LogP contribution in [0.25, 0.3) is 11.4 Å². The van der Waals surface area contributed by atoms with Crippen LogP contribution in [0.1, 0.15) is 47.9 Å². The minimum atomic E-state index is -0.186. The number of aryl methyl sites for hydroxylation is 2. The van der Waals surface area contributed by atoms with Crippen LogP contribution in [0.2, 0.25) is 0 Å². The van der Waals surface area contributed by atoms with Gasteiger partial charge in [-0.3, -0.25) is 4.79 Å². The van der Waals surface area contributed by atoms with E-state index in [1.54, 1.807) is 6.07 Å². The standard InChI is InChI=1S/C23H26N4O2/c1-3-29-20-10-7-6-9-18(20)23(28)24-19-15-17(13-12-16(19)2)22-26-25-21-11-5-4-8-14-27(21)22/h6-7,9-10,12-13,15H,3-5,8,11,14H2,1-2H3,(H,24,28). The van der Waals surface area contributed by atoms with Gasteiger partial charge in [-0.2, -0.15) is 0 Å². The average Bonchev–Trinajstić information content (AvgIpc) is 2.98. The molecule has 0 atom stereocenters. The fourth-order valence-electron chi connectivity index (χ4n) is 3.72. The van der Waals surface area contributed by atoms with Gasteiger partial charge in [-0.25, -0.2) is 0 Å². The van der Waals surface area contributed by atoms with Crippen molar-refractivity contribution in [3.05, 3.63) is 59.4 Å². The van der Waals surface area contributed by atoms with Gasteiger partial charge in [-0.05, 0) is 50.5 Å². The molecule has 0 spiro atoms. The number of aromatic nitrogens is 3. The highest BCUT2D eigenvalue weighted by atomic mass is 16.5. The minimum absolute atomic E-state index is 0.186. The Morgan fingerprint density at radius 1 is 1.14 bits per heavy atom. The van der Waals surface area contributed by atoms with Crippen LogP contribution in [0.3, 0.4) is 0 Å². The minimum Gasteiger partial charge on any atom is -0.493 e. The molecule has 1 aliphatic heterocycles. The number of ether oxygens (including phenoxy) is 1. The molecule has 4 rings (SSSR count). The maximum atomic E-state index is 12.9. The summed E-state index contributed by atoms with van der Waals surface area (Å²) in [5.74, 6) is 2.32. The Balaban J connectivity index is 1.63. The van der Waals surface area contributed by atoms with Crippen LogP contribution in [-0.4, -0.2) is 27.3 Å². The number of carbonyl (C=O) groups excluding carboxylic acids is 1. The number of hydrogen-bond donors (Lipinski definition) is 1. The van der Waals surface area contributed by atoms with E-state index in [-0.39, 0.29) is 5.91 Å². The van der Waals surface area contributed by atoms with Gasteiger partial charge in [0.25, 0.3) is 5.91 Å². The quantitative estimate of drug-likeness (QED) is 0.690. The molecule has 0 bridgehead atoms. The van der Waals surface area contributed by atoms with Crippen molar-refractivity contribution in [2.75, 3.05) is 11.9 Å². The van der Waals surface area contributed by atoms with Crippen molar-refractivity contribution in [3.8, 4) is 17.1 Å². The largest absolute Gasteiger partial charge is 0.493 e. The summed E-state index contributed by atoms with van der Waals surface area (Å²) in [6, 6.07) is 13.3. The molecule has 0 aliphatic carbocycles. The Labute approximate surface area is 170 Å². The van der Waals surface area contributed by atoms with Crippen LogP contribution in [0.5, 0.6) is 5.75 Å². The van der Waals surface area contributed by atoms with E-state index in [0.29, 0.717) is 17.9 Å². The first-order chi connectivity index (χ1) is 14.2. The van der Waals surface area contributed by atoms with Crippen molar-refractivity contribution in [3.63, 3.8) is 0 Å². The molecule has 1 aromatic heterocycles. The van der Waals surface area contributed by atoms with Gasteiger partial charge in [0.15, 0.2) is 5.82 Å². The van der Waals surface area contributed by atoms with Crippen molar-refractivity contribution in [2.45, 2.75) is 46.1 Å². The summed E-state index contributed by atoms with van der Waals surface area (Å²) in [5, 5.41) is 11.9. The second-order valence-electron chi connectivity index (χ2n) is 7.32. The van der Waals surface area contributed by atoms with E-state index in [2.05, 4.69) is 20.1 Å². The highest BCUT2D eigenvalue weighted by Crippen LogP contribution is 2.28. The third-order valence-electron chi connectivity index (χ3n) is 5.28. The molecule has 2 heterocycles. The van der Waals surface area contributed by atoms with Gasteiger partial charge >= 0.3 is 0 Å². The first-order valence-corrected chi connectivity index (χ1v) is 10.2. The summed E-state index contributed by atoms with van der Waals surface area (Å²) >= 11 is 0. The molecule has 1 aliphatic rings. The zero-order valence-electron chi connectivity index (χ0n) is 16.9. The number of para-hydroxylation sites is 1. The van der Waals surface area contributed by atoms with E-state index in [1.165, 1.54) is 6.42 Å². The fraction of sp³-hybridized carbons (Fsp3) is 0.348. The molecular weight excluding hydrogens is 364 g/mol. The van der Waals surface area contributed by atoms with Gasteiger partial charge in [-0.15, -0.1) is 10.2 Å². The second-order valence-corrected chi connectivity index (χ2v) is 7.32. The molecule has 150 valence electrons. The number of anilines is 1. The summed E-state index contributed by atoms with van der Waals surface area (Å²) in [4.78, 5) is 12.9. The van der Waals surface area contributed by atoms with Gasteiger partial charge in [0.1, 0.15) is 11.6 Å². The third-order valence-corrected chi connectivity index (χ3v) is 5.28. The maximum Gasteiger partial charge on any atom is 0.259 e. The van der Waals surface area contributed by atoms with Gasteiger partial charge in [0.05, 0.1) is 12.2 Å². The molecule has 29 heavy (non-hydrogen) atoms. The van der Waals surface area contributed by atoms with Crippen molar-refractivity contribution in [2.24, 2.45) is 0 Å². The number of fused-ring (bicyclic) bond motifs is 1. The normalized spacial score (nSPS) is 13.4. The van der Waals surface area contributed by atoms with Crippen LogP contribution in [0, 0.1) is 6.92 Å². The van der Waals surface area contributed by atoms with Crippen molar-refractivity contribution < 1.29 is 9.53 Å². The maximum absolute atomic E-state index is 12.9. The Hall–Kier alpha value is -3.15. The lowest BCUT2D eigenvalue weighted by Crippen LogP contribution is -2.14. The van der Waals surface area contributed by atoms with E-state index >= 15 is 0 Å². The summed E-state index contributed by atoms with van der Waals surface area (Å²) in [5.41, 5.74) is 3.25. The van der Waals surface area contributed by atoms with Crippen molar-refractivity contribution in [1.29, 1.82) is 0 Å². The predicted molar refractivity (Wildman–Crippen MR) is 113 cm³/mol. The van der Waals surface area contributed by atoms with Crippen LogP contribution in [0.4, 0.5) is 5.69 Å². The van der Waals surface area contributed by atoms with E-state index in [0.717, 1.165) is 54.3 Å². The van der Waals surface area contributed by atoms with Crippen molar-refractivity contribution >= 4 is 11.6 Å². The Morgan fingerprint density at radius 2 is 2.00 bits per heavy atom. The van der Waals surface area contributed by atoms with Crippen LogP contribution < -0.4 is 10.1 Å². The molecule has 2 aromatic carbocycles. The molecule has 3 aromatic rings. The van der Waals surface area contributed by atoms with E-state index in [1.807, 2.05) is 50.2 Å². The van der Waals surface area contributed by atoms with E-state index < -0.39 is 0 Å². The molecule has 6 nitrogen and oxygen atoms in total. The highest BCUT2D eigenvalue weighted by molar-refractivity contribution is 6.06. The number of rotatable bonds is 5. The number of hydrogen-bond acceptors (Lipinski definition) is 4. The molecule has 6 heteroatoms. The number of benzene rings is 2. The molecule has 0 fully saturated rings. The first-order valence-electron chi connectivity index (χ1n) is 10.2. The van der Waals surface area contributed by atoms with Gasteiger partial charge < -0.3 is 14.6 Å². The molecule has 0 saturated carbocycles. The molecule has 1 N–H and O–H groups in total. The summed E-state index contributed by atoms with van der Waals surface area (Å²) in [6.07, 6.45) is 4.49. The van der Waals surface area contributed by atoms with Crippen LogP contribution in [0.15, 0.2) is 42.5 Å². The summed E-state index contributed by atoms with van der Waals surface area (Å²) in [6.45, 7) is 5.34. The number of amides is 1. The van der Waals surface area contributed by atoms with E-state index in [4.69, 9.17) is 4.74 Å². The molecule has 0 unspecified atom stereocenters. The summed E-state index contributed by atoms with van der Waals surface area (Å²) in [7, 11) is 0. The Morgan fingerprint density at radius 3 is 2.86 bits per heavy atom. The molecule has 1 amide bonds. The van der Waals surface area contributed by atoms with Gasteiger partial charge in [0, 0.05) is 24.2 Å². The first kappa shape index (κ1) is 19.2. The lowest BCUT2D eigenvalue weighted by atomic mass is 10.1. The Kier molecular flexibility index (Phi) is 5.60. The number of carbonyl (C=O) groups is 1. The van der Waals surface area contributed by atoms with Crippen molar-refractivity contribution in [1.82, 2.24) is 14.8 Å². The predicted octanol–water partition coefficient (Wildman–Crippen LogP) is 4.63. The number of nitrogens with one attached hydrogen (secondary N) is 1. The zero-order chi connectivity index (χ0) is 20.2. The summed E-state index contributed by atoms with van der Waals surface area (Å²) < 4.78 is 7.82. The van der Waals surface area contributed by atoms with Gasteiger partial charge in [0.2, 0.25) is 0 Å². The van der Waals surface area contributed by atoms with Crippen LogP contribution >= 0.6 is 0 Å². The lowest BCUT2D eigenvalue weighted by molar-refractivity contribution is 0.102. The second kappa shape index (κ2) is 8.47. The van der Waals surface area contributed by atoms with Crippen LogP contribution in [-0.2, 0) is 13.0 Å².